The van der Waals surface area contributed by atoms with Gasteiger partial charge >= 0.3 is 0 Å². The predicted octanol–water partition coefficient (Wildman–Crippen LogP) is 5.60. The number of H-pyrrole nitrogens is 2. The van der Waals surface area contributed by atoms with Crippen molar-refractivity contribution in [1.29, 1.82) is 0 Å². The summed E-state index contributed by atoms with van der Waals surface area (Å²) in [6.45, 7) is 5.97. The van der Waals surface area contributed by atoms with E-state index in [1.165, 1.54) is 0 Å². The van der Waals surface area contributed by atoms with Gasteiger partial charge in [0.2, 0.25) is 0 Å². The molecule has 0 aliphatic rings. The second-order valence-corrected chi connectivity index (χ2v) is 8.15. The number of fused-ring (bicyclic) bond motifs is 2. The molecule has 4 aromatic heterocycles. The third kappa shape index (κ3) is 3.77. The van der Waals surface area contributed by atoms with E-state index in [0.717, 1.165) is 55.6 Å². The molecule has 0 aliphatic heterocycles. The van der Waals surface area contributed by atoms with E-state index in [0.29, 0.717) is 5.82 Å². The number of hydrogen-bond acceptors (Lipinski definition) is 5. The predicted molar refractivity (Wildman–Crippen MR) is 138 cm³/mol. The topological polar surface area (TPSA) is 86.4 Å². The Kier molecular flexibility index (Phi) is 5.51. The maximum Gasteiger partial charge on any atom is 0.159 e. The average molecular weight is 448 g/mol. The molecule has 0 atom stereocenters. The zero-order chi connectivity index (χ0) is 23.7. The van der Waals surface area contributed by atoms with Gasteiger partial charge in [-0.25, -0.2) is 4.98 Å². The molecule has 2 N–H and O–H groups in total. The first-order chi connectivity index (χ1) is 16.6. The maximum absolute atomic E-state index is 4.92. The van der Waals surface area contributed by atoms with Crippen LogP contribution in [0.1, 0.15) is 12.5 Å². The molecule has 0 saturated heterocycles. The highest BCUT2D eigenvalue weighted by atomic mass is 15.1. The van der Waals surface area contributed by atoms with Crippen LogP contribution in [0.15, 0.2) is 85.6 Å². The molecule has 1 aromatic carbocycles. The number of likely N-dealkylation sites (N-methyl/N-ethyl adjacent to an activating group) is 1. The first-order valence-electron chi connectivity index (χ1n) is 11.0. The van der Waals surface area contributed by atoms with Gasteiger partial charge in [-0.3, -0.25) is 15.1 Å². The molecular weight excluding hydrogens is 422 g/mol. The minimum atomic E-state index is 0.694. The quantitative estimate of drug-likeness (QED) is 0.331. The van der Waals surface area contributed by atoms with Crippen LogP contribution in [0, 0.1) is 0 Å². The second kappa shape index (κ2) is 8.78. The number of pyridine rings is 2. The van der Waals surface area contributed by atoms with Gasteiger partial charge in [0.15, 0.2) is 5.82 Å². The Bertz CT molecular complexity index is 1550. The molecule has 0 radical (unpaired) electrons. The molecule has 168 valence electrons. The smallest absolute Gasteiger partial charge is 0.159 e. The fraction of sp³-hybridized carbons (Fsp3) is 0.111. The summed E-state index contributed by atoms with van der Waals surface area (Å²) in [5.74, 6) is 0.694. The number of imidazole rings is 1. The standard InChI is InChI=1S/C27H25N7/c1-5-17(13-20(6-2)34(3)4)19-7-8-23-21(14-19)26(33-32-23)27-30-24-16-29-15-22(25(24)31-27)18-9-11-28-12-10-18/h5-16H,2H2,1,3-4H3,(H,30,31)(H,32,33)/b17-5+,20-13+. The summed E-state index contributed by atoms with van der Waals surface area (Å²) >= 11 is 0. The van der Waals surface area contributed by atoms with E-state index in [4.69, 9.17) is 4.98 Å². The lowest BCUT2D eigenvalue weighted by Crippen LogP contribution is -2.09. The van der Waals surface area contributed by atoms with Gasteiger partial charge in [-0.2, -0.15) is 5.10 Å². The summed E-state index contributed by atoms with van der Waals surface area (Å²) < 4.78 is 0. The van der Waals surface area contributed by atoms with Crippen LogP contribution >= 0.6 is 0 Å². The Balaban J connectivity index is 1.62. The van der Waals surface area contributed by atoms with Gasteiger partial charge < -0.3 is 9.88 Å². The van der Waals surface area contributed by atoms with Gasteiger partial charge in [0.25, 0.3) is 0 Å². The molecule has 0 spiro atoms. The van der Waals surface area contributed by atoms with Crippen molar-refractivity contribution in [3.63, 3.8) is 0 Å². The van der Waals surface area contributed by atoms with Crippen molar-refractivity contribution in [1.82, 2.24) is 35.0 Å². The Morgan fingerprint density at radius 2 is 1.85 bits per heavy atom. The van der Waals surface area contributed by atoms with E-state index in [2.05, 4.69) is 56.0 Å². The zero-order valence-corrected chi connectivity index (χ0v) is 19.4. The minimum absolute atomic E-state index is 0.694. The van der Waals surface area contributed by atoms with Crippen molar-refractivity contribution < 1.29 is 0 Å². The van der Waals surface area contributed by atoms with Crippen LogP contribution in [-0.2, 0) is 0 Å². The monoisotopic (exact) mass is 447 g/mol. The molecule has 5 rings (SSSR count). The molecule has 7 heteroatoms. The summed E-state index contributed by atoms with van der Waals surface area (Å²) in [6.07, 6.45) is 13.2. The summed E-state index contributed by atoms with van der Waals surface area (Å²) in [6, 6.07) is 10.2. The number of aromatic amines is 2. The van der Waals surface area contributed by atoms with Crippen LogP contribution in [0.4, 0.5) is 0 Å². The van der Waals surface area contributed by atoms with Crippen molar-refractivity contribution in [2.75, 3.05) is 14.1 Å². The van der Waals surface area contributed by atoms with E-state index in [1.54, 1.807) is 18.6 Å². The molecule has 34 heavy (non-hydrogen) atoms. The van der Waals surface area contributed by atoms with E-state index in [-0.39, 0.29) is 0 Å². The number of allylic oxidation sites excluding steroid dienone is 4. The van der Waals surface area contributed by atoms with Crippen LogP contribution in [-0.4, -0.2) is 49.1 Å². The van der Waals surface area contributed by atoms with E-state index in [9.17, 15) is 0 Å². The van der Waals surface area contributed by atoms with Gasteiger partial charge in [-0.05, 0) is 60.0 Å². The highest BCUT2D eigenvalue weighted by Gasteiger charge is 2.16. The van der Waals surface area contributed by atoms with Crippen LogP contribution in [0.5, 0.6) is 0 Å². The molecule has 4 heterocycles. The molecule has 0 fully saturated rings. The maximum atomic E-state index is 4.92. The Labute approximate surface area is 197 Å². The van der Waals surface area contributed by atoms with Crippen molar-refractivity contribution in [2.24, 2.45) is 0 Å². The lowest BCUT2D eigenvalue weighted by atomic mass is 10.0. The Morgan fingerprint density at radius 1 is 1.03 bits per heavy atom. The van der Waals surface area contributed by atoms with Crippen LogP contribution in [0.3, 0.4) is 0 Å². The third-order valence-corrected chi connectivity index (χ3v) is 5.85. The fourth-order valence-electron chi connectivity index (χ4n) is 4.03. The van der Waals surface area contributed by atoms with Gasteiger partial charge in [-0.1, -0.05) is 18.7 Å². The zero-order valence-electron chi connectivity index (χ0n) is 19.4. The Hall–Kier alpha value is -4.52. The number of aromatic nitrogens is 6. The van der Waals surface area contributed by atoms with Crippen molar-refractivity contribution in [2.45, 2.75) is 6.92 Å². The minimum Gasteiger partial charge on any atom is -0.378 e. The van der Waals surface area contributed by atoms with E-state index >= 15 is 0 Å². The number of nitrogens with one attached hydrogen (secondary N) is 2. The summed E-state index contributed by atoms with van der Waals surface area (Å²) in [5.41, 5.74) is 8.62. The number of nitrogens with zero attached hydrogens (tertiary/aromatic N) is 5. The van der Waals surface area contributed by atoms with Gasteiger partial charge in [-0.15, -0.1) is 0 Å². The molecule has 7 nitrogen and oxygen atoms in total. The molecule has 0 aliphatic carbocycles. The van der Waals surface area contributed by atoms with Gasteiger partial charge in [0.1, 0.15) is 5.69 Å². The molecule has 0 unspecified atom stereocenters. The summed E-state index contributed by atoms with van der Waals surface area (Å²) in [5, 5.41) is 8.72. The Morgan fingerprint density at radius 3 is 2.59 bits per heavy atom. The number of benzene rings is 1. The SMILES string of the molecule is C=C/C(=C\C(=C/C)c1ccc2[nH]nc(-c3nc4c(-c5ccncc5)cncc4[nH]3)c2c1)N(C)C. The van der Waals surface area contributed by atoms with Crippen molar-refractivity contribution >= 4 is 27.5 Å². The molecule has 0 saturated carbocycles. The lowest BCUT2D eigenvalue weighted by Gasteiger charge is -2.14. The highest BCUT2D eigenvalue weighted by Crippen LogP contribution is 2.32. The largest absolute Gasteiger partial charge is 0.378 e. The van der Waals surface area contributed by atoms with Gasteiger partial charge in [0, 0.05) is 49.3 Å². The van der Waals surface area contributed by atoms with E-state index < -0.39 is 0 Å². The van der Waals surface area contributed by atoms with Crippen LogP contribution in [0.2, 0.25) is 0 Å². The van der Waals surface area contributed by atoms with Crippen LogP contribution < -0.4 is 0 Å². The highest BCUT2D eigenvalue weighted by molar-refractivity contribution is 5.98. The first-order valence-corrected chi connectivity index (χ1v) is 11.0. The number of rotatable bonds is 6. The lowest BCUT2D eigenvalue weighted by molar-refractivity contribution is 0.530. The molecule has 0 amide bonds. The summed E-state index contributed by atoms with van der Waals surface area (Å²) in [4.78, 5) is 18.9. The average Bonchev–Trinajstić information content (AvgIpc) is 3.48. The van der Waals surface area contributed by atoms with E-state index in [1.807, 2.05) is 56.4 Å². The first kappa shape index (κ1) is 21.3. The van der Waals surface area contributed by atoms with Crippen LogP contribution in [0.25, 0.3) is 50.2 Å². The number of hydrogen-bond donors (Lipinski definition) is 2. The normalized spacial score (nSPS) is 12.4. The third-order valence-electron chi connectivity index (χ3n) is 5.85. The van der Waals surface area contributed by atoms with Crippen molar-refractivity contribution in [3.05, 3.63) is 91.2 Å². The second-order valence-electron chi connectivity index (χ2n) is 8.15. The molecule has 5 aromatic rings. The molecular formula is C27H25N7. The fourth-order valence-corrected chi connectivity index (χ4v) is 4.03. The summed E-state index contributed by atoms with van der Waals surface area (Å²) in [7, 11) is 4.02. The van der Waals surface area contributed by atoms with Crippen molar-refractivity contribution in [3.8, 4) is 22.6 Å². The molecule has 0 bridgehead atoms. The van der Waals surface area contributed by atoms with Gasteiger partial charge in [0.05, 0.1) is 22.7 Å².